The van der Waals surface area contributed by atoms with Crippen molar-refractivity contribution >= 4 is 15.9 Å². The third-order valence-corrected chi connectivity index (χ3v) is 2.91. The van der Waals surface area contributed by atoms with Gasteiger partial charge in [-0.05, 0) is 34.5 Å². The summed E-state index contributed by atoms with van der Waals surface area (Å²) < 4.78 is 1.02. The van der Waals surface area contributed by atoms with E-state index in [-0.39, 0.29) is 6.04 Å². The van der Waals surface area contributed by atoms with Gasteiger partial charge in [0.05, 0.1) is 0 Å². The van der Waals surface area contributed by atoms with Crippen molar-refractivity contribution in [2.75, 3.05) is 0 Å². The minimum atomic E-state index is 0.255. The molecule has 0 fully saturated rings. The predicted octanol–water partition coefficient (Wildman–Crippen LogP) is 3.29. The van der Waals surface area contributed by atoms with Crippen molar-refractivity contribution in [1.82, 2.24) is 4.98 Å². The number of halogens is 1. The minimum Gasteiger partial charge on any atom is -0.327 e. The molecule has 0 saturated heterocycles. The van der Waals surface area contributed by atoms with Crippen molar-refractivity contribution in [3.63, 3.8) is 0 Å². The first-order chi connectivity index (χ1) is 7.22. The molecule has 1 heterocycles. The van der Waals surface area contributed by atoms with Gasteiger partial charge in [-0.25, -0.2) is 0 Å². The van der Waals surface area contributed by atoms with Crippen LogP contribution >= 0.6 is 15.9 Å². The summed E-state index contributed by atoms with van der Waals surface area (Å²) in [7, 11) is 0. The fourth-order valence-corrected chi connectivity index (χ4v) is 1.79. The molecule has 3 heteroatoms. The highest BCUT2D eigenvalue weighted by Gasteiger charge is 2.04. The zero-order valence-corrected chi connectivity index (χ0v) is 10.8. The number of nitrogens with zero attached hydrogens (tertiary/aromatic N) is 1. The molecule has 0 spiro atoms. The first kappa shape index (κ1) is 12.7. The molecule has 15 heavy (non-hydrogen) atoms. The monoisotopic (exact) mass is 270 g/mol. The van der Waals surface area contributed by atoms with E-state index in [1.165, 1.54) is 19.3 Å². The molecule has 1 atom stereocenters. The topological polar surface area (TPSA) is 38.9 Å². The summed E-state index contributed by atoms with van der Waals surface area (Å²) in [6, 6.07) is 4.30. The molecule has 84 valence electrons. The van der Waals surface area contributed by atoms with E-state index < -0.39 is 0 Å². The van der Waals surface area contributed by atoms with E-state index in [4.69, 9.17) is 5.73 Å². The number of hydrogen-bond donors (Lipinski definition) is 1. The van der Waals surface area contributed by atoms with Gasteiger partial charge < -0.3 is 5.73 Å². The van der Waals surface area contributed by atoms with Gasteiger partial charge in [-0.3, -0.25) is 4.98 Å². The standard InChI is InChI=1S/C12H19BrN2/c1-2-3-4-5-11(14)8-12-7-6-10(13)9-15-12/h6-7,9,11H,2-5,8,14H2,1H3. The van der Waals surface area contributed by atoms with Crippen LogP contribution in [0.1, 0.15) is 38.3 Å². The predicted molar refractivity (Wildman–Crippen MR) is 67.8 cm³/mol. The van der Waals surface area contributed by atoms with E-state index in [0.717, 1.165) is 23.0 Å². The molecule has 0 aliphatic carbocycles. The Bertz CT molecular complexity index is 271. The Hall–Kier alpha value is -0.410. The van der Waals surface area contributed by atoms with Crippen LogP contribution in [-0.2, 0) is 6.42 Å². The Kier molecular flexibility index (Phi) is 5.88. The number of unbranched alkanes of at least 4 members (excludes halogenated alkanes) is 2. The molecule has 0 aliphatic heterocycles. The largest absolute Gasteiger partial charge is 0.327 e. The Morgan fingerprint density at radius 1 is 1.40 bits per heavy atom. The first-order valence-electron chi connectivity index (χ1n) is 5.58. The van der Waals surface area contributed by atoms with Gasteiger partial charge in [0.25, 0.3) is 0 Å². The molecule has 0 radical (unpaired) electrons. The highest BCUT2D eigenvalue weighted by Crippen LogP contribution is 2.10. The van der Waals surface area contributed by atoms with Gasteiger partial charge in [-0.1, -0.05) is 26.2 Å². The second-order valence-corrected chi connectivity index (χ2v) is 4.84. The van der Waals surface area contributed by atoms with Gasteiger partial charge in [0.1, 0.15) is 0 Å². The quantitative estimate of drug-likeness (QED) is 0.806. The zero-order chi connectivity index (χ0) is 11.1. The molecule has 1 unspecified atom stereocenters. The molecule has 1 aromatic heterocycles. The van der Waals surface area contributed by atoms with E-state index >= 15 is 0 Å². The van der Waals surface area contributed by atoms with E-state index in [2.05, 4.69) is 27.8 Å². The van der Waals surface area contributed by atoms with E-state index in [0.29, 0.717) is 0 Å². The molecule has 1 rings (SSSR count). The first-order valence-corrected chi connectivity index (χ1v) is 6.37. The van der Waals surface area contributed by atoms with E-state index in [1.807, 2.05) is 18.3 Å². The highest BCUT2D eigenvalue weighted by atomic mass is 79.9. The van der Waals surface area contributed by atoms with Crippen LogP contribution in [0.15, 0.2) is 22.8 Å². The average molecular weight is 271 g/mol. The van der Waals surface area contributed by atoms with Crippen LogP contribution in [0.2, 0.25) is 0 Å². The molecule has 2 N–H and O–H groups in total. The lowest BCUT2D eigenvalue weighted by Gasteiger charge is -2.10. The third kappa shape index (κ3) is 5.28. The van der Waals surface area contributed by atoms with Crippen LogP contribution in [0.5, 0.6) is 0 Å². The van der Waals surface area contributed by atoms with Gasteiger partial charge in [-0.15, -0.1) is 0 Å². The van der Waals surface area contributed by atoms with Gasteiger partial charge in [0.15, 0.2) is 0 Å². The Morgan fingerprint density at radius 2 is 2.20 bits per heavy atom. The molecular formula is C12H19BrN2. The lowest BCUT2D eigenvalue weighted by molar-refractivity contribution is 0.553. The van der Waals surface area contributed by atoms with E-state index in [1.54, 1.807) is 0 Å². The number of pyridine rings is 1. The lowest BCUT2D eigenvalue weighted by atomic mass is 10.0. The van der Waals surface area contributed by atoms with Crippen molar-refractivity contribution in [3.05, 3.63) is 28.5 Å². The van der Waals surface area contributed by atoms with Crippen LogP contribution in [-0.4, -0.2) is 11.0 Å². The van der Waals surface area contributed by atoms with Gasteiger partial charge in [0.2, 0.25) is 0 Å². The summed E-state index contributed by atoms with van der Waals surface area (Å²) in [6.45, 7) is 2.21. The molecular weight excluding hydrogens is 252 g/mol. The average Bonchev–Trinajstić information content (AvgIpc) is 2.22. The number of hydrogen-bond acceptors (Lipinski definition) is 2. The maximum absolute atomic E-state index is 6.03. The lowest BCUT2D eigenvalue weighted by Crippen LogP contribution is -2.23. The maximum Gasteiger partial charge on any atom is 0.0419 e. The van der Waals surface area contributed by atoms with Gasteiger partial charge >= 0.3 is 0 Å². The summed E-state index contributed by atoms with van der Waals surface area (Å²) in [5, 5.41) is 0. The fraction of sp³-hybridized carbons (Fsp3) is 0.583. The molecule has 0 aliphatic rings. The Labute approximate surface area is 100 Å². The van der Waals surface area contributed by atoms with Gasteiger partial charge in [-0.2, -0.15) is 0 Å². The van der Waals surface area contributed by atoms with Crippen LogP contribution in [0.25, 0.3) is 0 Å². The van der Waals surface area contributed by atoms with Crippen LogP contribution in [0.3, 0.4) is 0 Å². The van der Waals surface area contributed by atoms with Gasteiger partial charge in [0, 0.05) is 28.8 Å². The molecule has 0 aromatic carbocycles. The van der Waals surface area contributed by atoms with Crippen molar-refractivity contribution in [2.45, 2.75) is 45.1 Å². The Balaban J connectivity index is 2.31. The van der Waals surface area contributed by atoms with E-state index in [9.17, 15) is 0 Å². The summed E-state index contributed by atoms with van der Waals surface area (Å²) in [4.78, 5) is 4.32. The Morgan fingerprint density at radius 3 is 2.80 bits per heavy atom. The number of nitrogens with two attached hydrogens (primary N) is 1. The fourth-order valence-electron chi connectivity index (χ4n) is 1.55. The molecule has 2 nitrogen and oxygen atoms in total. The molecule has 0 bridgehead atoms. The molecule has 0 amide bonds. The van der Waals surface area contributed by atoms with Crippen molar-refractivity contribution < 1.29 is 0 Å². The SMILES string of the molecule is CCCCCC(N)Cc1ccc(Br)cn1. The smallest absolute Gasteiger partial charge is 0.0419 e. The normalized spacial score (nSPS) is 12.7. The van der Waals surface area contributed by atoms with Crippen LogP contribution in [0.4, 0.5) is 0 Å². The highest BCUT2D eigenvalue weighted by molar-refractivity contribution is 9.10. The van der Waals surface area contributed by atoms with Crippen LogP contribution in [0, 0.1) is 0 Å². The summed E-state index contributed by atoms with van der Waals surface area (Å²) in [5.41, 5.74) is 7.12. The second-order valence-electron chi connectivity index (χ2n) is 3.93. The minimum absolute atomic E-state index is 0.255. The molecule has 1 aromatic rings. The van der Waals surface area contributed by atoms with Crippen LogP contribution < -0.4 is 5.73 Å². The molecule has 0 saturated carbocycles. The van der Waals surface area contributed by atoms with Crippen molar-refractivity contribution in [3.8, 4) is 0 Å². The number of aromatic nitrogens is 1. The summed E-state index contributed by atoms with van der Waals surface area (Å²) >= 11 is 3.37. The summed E-state index contributed by atoms with van der Waals surface area (Å²) in [6.07, 6.45) is 7.58. The summed E-state index contributed by atoms with van der Waals surface area (Å²) in [5.74, 6) is 0. The second kappa shape index (κ2) is 6.96. The number of rotatable bonds is 6. The van der Waals surface area contributed by atoms with Crippen molar-refractivity contribution in [1.29, 1.82) is 0 Å². The maximum atomic E-state index is 6.03. The zero-order valence-electron chi connectivity index (χ0n) is 9.25. The third-order valence-electron chi connectivity index (χ3n) is 2.44. The van der Waals surface area contributed by atoms with Crippen molar-refractivity contribution in [2.24, 2.45) is 5.73 Å².